The van der Waals surface area contributed by atoms with E-state index >= 15 is 0 Å². The molecule has 3 heteroatoms. The van der Waals surface area contributed by atoms with E-state index in [1.807, 2.05) is 13.0 Å². The molecule has 0 saturated heterocycles. The molecule has 0 bridgehead atoms. The van der Waals surface area contributed by atoms with Gasteiger partial charge in [-0.2, -0.15) is 0 Å². The second-order valence-electron chi connectivity index (χ2n) is 3.20. The number of carbonyl (C=O) groups is 2. The predicted molar refractivity (Wildman–Crippen MR) is 52.3 cm³/mol. The average Bonchev–Trinajstić information content (AvgIpc) is 2.10. The summed E-state index contributed by atoms with van der Waals surface area (Å²) in [4.78, 5) is 20.8. The Morgan fingerprint density at radius 2 is 2.21 bits per heavy atom. The lowest BCUT2D eigenvalue weighted by atomic mass is 10.0. The summed E-state index contributed by atoms with van der Waals surface area (Å²) in [5, 5.41) is 8.59. The van der Waals surface area contributed by atoms with Crippen molar-refractivity contribution in [3.05, 3.63) is 34.9 Å². The first-order chi connectivity index (χ1) is 6.63. The molecule has 0 aliphatic carbocycles. The highest BCUT2D eigenvalue weighted by molar-refractivity contribution is 5.70. The van der Waals surface area contributed by atoms with Crippen LogP contribution in [0, 0.1) is 6.92 Å². The first kappa shape index (κ1) is 10.4. The quantitative estimate of drug-likeness (QED) is 0.733. The zero-order valence-corrected chi connectivity index (χ0v) is 7.99. The summed E-state index contributed by atoms with van der Waals surface area (Å²) >= 11 is 0. The second kappa shape index (κ2) is 4.56. The first-order valence-corrected chi connectivity index (χ1v) is 4.37. The third-order valence-electron chi connectivity index (χ3n) is 2.07. The summed E-state index contributed by atoms with van der Waals surface area (Å²) in [6, 6.07) is 5.40. The second-order valence-corrected chi connectivity index (χ2v) is 3.20. The van der Waals surface area contributed by atoms with Crippen LogP contribution >= 0.6 is 0 Å². The highest BCUT2D eigenvalue weighted by Gasteiger charge is 2.03. The van der Waals surface area contributed by atoms with Crippen LogP contribution in [-0.2, 0) is 22.4 Å². The van der Waals surface area contributed by atoms with Crippen LogP contribution in [-0.4, -0.2) is 17.4 Å². The SMILES string of the molecule is Cc1ccc(CC(=O)O)cc1CC=O. The van der Waals surface area contributed by atoms with Crippen molar-refractivity contribution in [3.63, 3.8) is 0 Å². The number of benzene rings is 1. The monoisotopic (exact) mass is 192 g/mol. The van der Waals surface area contributed by atoms with Crippen LogP contribution in [0.3, 0.4) is 0 Å². The highest BCUT2D eigenvalue weighted by atomic mass is 16.4. The molecule has 0 aliphatic rings. The van der Waals surface area contributed by atoms with E-state index in [4.69, 9.17) is 5.11 Å². The van der Waals surface area contributed by atoms with E-state index in [9.17, 15) is 9.59 Å². The first-order valence-electron chi connectivity index (χ1n) is 4.37. The number of aryl methyl sites for hydroxylation is 1. The fourth-order valence-electron chi connectivity index (χ4n) is 1.32. The minimum absolute atomic E-state index is 0.00609. The zero-order valence-electron chi connectivity index (χ0n) is 7.99. The van der Waals surface area contributed by atoms with Gasteiger partial charge in [-0.1, -0.05) is 18.2 Å². The Hall–Kier alpha value is -1.64. The Morgan fingerprint density at radius 3 is 2.79 bits per heavy atom. The summed E-state index contributed by atoms with van der Waals surface area (Å²) in [5.41, 5.74) is 2.66. The number of hydrogen-bond acceptors (Lipinski definition) is 2. The number of carboxylic acid groups (broad SMARTS) is 1. The van der Waals surface area contributed by atoms with Crippen LogP contribution in [0.15, 0.2) is 18.2 Å². The summed E-state index contributed by atoms with van der Waals surface area (Å²) < 4.78 is 0. The molecule has 3 nitrogen and oxygen atoms in total. The van der Waals surface area contributed by atoms with Crippen molar-refractivity contribution >= 4 is 12.3 Å². The molecule has 0 unspecified atom stereocenters. The van der Waals surface area contributed by atoms with Crippen LogP contribution in [0.25, 0.3) is 0 Å². The molecule has 0 saturated carbocycles. The van der Waals surface area contributed by atoms with Gasteiger partial charge in [0, 0.05) is 6.42 Å². The van der Waals surface area contributed by atoms with Crippen molar-refractivity contribution < 1.29 is 14.7 Å². The topological polar surface area (TPSA) is 54.4 Å². The van der Waals surface area contributed by atoms with Crippen molar-refractivity contribution in [1.29, 1.82) is 0 Å². The normalized spacial score (nSPS) is 9.79. The largest absolute Gasteiger partial charge is 0.481 e. The van der Waals surface area contributed by atoms with Gasteiger partial charge < -0.3 is 9.90 Å². The molecule has 0 fully saturated rings. The molecule has 0 heterocycles. The molecular formula is C11H12O3. The fraction of sp³-hybridized carbons (Fsp3) is 0.273. The van der Waals surface area contributed by atoms with Crippen molar-refractivity contribution in [2.75, 3.05) is 0 Å². The summed E-state index contributed by atoms with van der Waals surface area (Å²) in [7, 11) is 0. The van der Waals surface area contributed by atoms with Gasteiger partial charge >= 0.3 is 5.97 Å². The van der Waals surface area contributed by atoms with Gasteiger partial charge in [0.05, 0.1) is 6.42 Å². The summed E-state index contributed by atoms with van der Waals surface area (Å²) in [6.45, 7) is 1.91. The predicted octanol–water partition coefficient (Wildman–Crippen LogP) is 1.36. The number of carbonyl (C=O) groups excluding carboxylic acids is 1. The minimum atomic E-state index is -0.856. The molecule has 0 aromatic heterocycles. The lowest BCUT2D eigenvalue weighted by Gasteiger charge is -2.04. The third-order valence-corrected chi connectivity index (χ3v) is 2.07. The average molecular weight is 192 g/mol. The highest BCUT2D eigenvalue weighted by Crippen LogP contribution is 2.11. The fourth-order valence-corrected chi connectivity index (χ4v) is 1.32. The molecule has 14 heavy (non-hydrogen) atoms. The van der Waals surface area contributed by atoms with E-state index in [1.54, 1.807) is 12.1 Å². The summed E-state index contributed by atoms with van der Waals surface area (Å²) in [5.74, 6) is -0.856. The van der Waals surface area contributed by atoms with Gasteiger partial charge in [0.2, 0.25) is 0 Å². The van der Waals surface area contributed by atoms with Gasteiger partial charge in [0.1, 0.15) is 6.29 Å². The van der Waals surface area contributed by atoms with E-state index in [0.717, 1.165) is 23.0 Å². The number of aldehydes is 1. The van der Waals surface area contributed by atoms with Gasteiger partial charge in [-0.15, -0.1) is 0 Å². The molecule has 1 N–H and O–H groups in total. The van der Waals surface area contributed by atoms with Gasteiger partial charge in [-0.3, -0.25) is 4.79 Å². The number of hydrogen-bond donors (Lipinski definition) is 1. The zero-order chi connectivity index (χ0) is 10.6. The maximum Gasteiger partial charge on any atom is 0.307 e. The van der Waals surface area contributed by atoms with E-state index < -0.39 is 5.97 Å². The summed E-state index contributed by atoms with van der Waals surface area (Å²) in [6.07, 6.45) is 1.18. The molecule has 0 atom stereocenters. The van der Waals surface area contributed by atoms with E-state index in [2.05, 4.69) is 0 Å². The smallest absolute Gasteiger partial charge is 0.307 e. The Balaban J connectivity index is 2.93. The number of carboxylic acids is 1. The number of rotatable bonds is 4. The van der Waals surface area contributed by atoms with E-state index in [1.165, 1.54) is 0 Å². The van der Waals surface area contributed by atoms with Crippen molar-refractivity contribution in [3.8, 4) is 0 Å². The van der Waals surface area contributed by atoms with Gasteiger partial charge in [-0.25, -0.2) is 0 Å². The van der Waals surface area contributed by atoms with Crippen LogP contribution < -0.4 is 0 Å². The molecule has 1 aromatic carbocycles. The molecule has 0 spiro atoms. The molecule has 1 aromatic rings. The van der Waals surface area contributed by atoms with Crippen LogP contribution in [0.1, 0.15) is 16.7 Å². The van der Waals surface area contributed by atoms with Crippen molar-refractivity contribution in [2.45, 2.75) is 19.8 Å². The van der Waals surface area contributed by atoms with Crippen LogP contribution in [0.2, 0.25) is 0 Å². The Bertz CT molecular complexity index is 356. The van der Waals surface area contributed by atoms with Gasteiger partial charge in [0.15, 0.2) is 0 Å². The van der Waals surface area contributed by atoms with Gasteiger partial charge in [-0.05, 0) is 23.6 Å². The van der Waals surface area contributed by atoms with Crippen molar-refractivity contribution in [1.82, 2.24) is 0 Å². The van der Waals surface area contributed by atoms with Crippen LogP contribution in [0.4, 0.5) is 0 Å². The maximum absolute atomic E-state index is 10.5. The number of aliphatic carboxylic acids is 1. The standard InChI is InChI=1S/C11H12O3/c1-8-2-3-9(7-11(13)14)6-10(8)4-5-12/h2-3,5-6H,4,7H2,1H3,(H,13,14). The molecule has 0 aliphatic heterocycles. The Labute approximate surface area is 82.4 Å². The minimum Gasteiger partial charge on any atom is -0.481 e. The van der Waals surface area contributed by atoms with E-state index in [0.29, 0.717) is 6.42 Å². The molecule has 0 radical (unpaired) electrons. The molecule has 0 amide bonds. The lowest BCUT2D eigenvalue weighted by Crippen LogP contribution is -2.01. The van der Waals surface area contributed by atoms with Crippen molar-refractivity contribution in [2.24, 2.45) is 0 Å². The van der Waals surface area contributed by atoms with E-state index in [-0.39, 0.29) is 6.42 Å². The lowest BCUT2D eigenvalue weighted by molar-refractivity contribution is -0.136. The third kappa shape index (κ3) is 2.69. The maximum atomic E-state index is 10.5. The Morgan fingerprint density at radius 1 is 1.50 bits per heavy atom. The molecular weight excluding hydrogens is 180 g/mol. The van der Waals surface area contributed by atoms with Gasteiger partial charge in [0.25, 0.3) is 0 Å². The van der Waals surface area contributed by atoms with Crippen LogP contribution in [0.5, 0.6) is 0 Å². The Kier molecular flexibility index (Phi) is 3.40. The molecule has 74 valence electrons. The molecule has 1 rings (SSSR count).